The van der Waals surface area contributed by atoms with E-state index in [1.165, 1.54) is 31.4 Å². The third-order valence-corrected chi connectivity index (χ3v) is 6.89. The second kappa shape index (κ2) is 8.47. The van der Waals surface area contributed by atoms with Crippen molar-refractivity contribution < 1.29 is 18.5 Å². The summed E-state index contributed by atoms with van der Waals surface area (Å²) in [6, 6.07) is 1.82. The molecule has 1 aromatic heterocycles. The lowest BCUT2D eigenvalue weighted by atomic mass is 9.92. The minimum absolute atomic E-state index is 0.0583. The number of hydrogen-bond acceptors (Lipinski definition) is 5. The SMILES string of the molecule is CC(C)c1cc(F)cc(C(C)C)c1NC(=O)N=S(N)(=O)c1nc(C(C)(C)O)cs1. The first-order chi connectivity index (χ1) is 13.2. The number of halogens is 1. The number of aromatic nitrogens is 1. The maximum Gasteiger partial charge on any atom is 0.354 e. The molecule has 10 heteroatoms. The molecule has 0 spiro atoms. The molecule has 160 valence electrons. The Morgan fingerprint density at radius 2 is 1.79 bits per heavy atom. The Labute approximate surface area is 174 Å². The van der Waals surface area contributed by atoms with Gasteiger partial charge in [0, 0.05) is 11.1 Å². The van der Waals surface area contributed by atoms with Gasteiger partial charge in [-0.25, -0.2) is 23.5 Å². The Morgan fingerprint density at radius 3 is 2.21 bits per heavy atom. The van der Waals surface area contributed by atoms with E-state index in [0.717, 1.165) is 11.3 Å². The molecule has 0 aliphatic heterocycles. The average Bonchev–Trinajstić information content (AvgIpc) is 3.06. The summed E-state index contributed by atoms with van der Waals surface area (Å²) in [5.41, 5.74) is 0.711. The van der Waals surface area contributed by atoms with Crippen molar-refractivity contribution in [2.24, 2.45) is 9.50 Å². The molecular weight excluding hydrogens is 415 g/mol. The van der Waals surface area contributed by atoms with E-state index in [2.05, 4.69) is 14.7 Å². The highest BCUT2D eigenvalue weighted by Gasteiger charge is 2.24. The quantitative estimate of drug-likeness (QED) is 0.622. The molecule has 0 fully saturated rings. The number of carbonyl (C=O) groups is 1. The Bertz CT molecular complexity index is 1000. The fourth-order valence-corrected chi connectivity index (χ4v) is 4.78. The first-order valence-electron chi connectivity index (χ1n) is 9.10. The summed E-state index contributed by atoms with van der Waals surface area (Å²) in [4.78, 5) is 16.6. The highest BCUT2D eigenvalue weighted by atomic mass is 32.2. The molecule has 2 rings (SSSR count). The number of benzene rings is 1. The number of hydrogen-bond donors (Lipinski definition) is 3. The van der Waals surface area contributed by atoms with Gasteiger partial charge in [-0.1, -0.05) is 27.7 Å². The molecule has 2 aromatic rings. The van der Waals surface area contributed by atoms with Gasteiger partial charge in [-0.2, -0.15) is 0 Å². The Hall–Kier alpha value is -1.88. The molecule has 2 amide bonds. The van der Waals surface area contributed by atoms with Crippen LogP contribution in [0.2, 0.25) is 0 Å². The van der Waals surface area contributed by atoms with Gasteiger partial charge >= 0.3 is 6.03 Å². The van der Waals surface area contributed by atoms with E-state index in [-0.39, 0.29) is 21.9 Å². The van der Waals surface area contributed by atoms with Crippen LogP contribution in [0.25, 0.3) is 0 Å². The number of rotatable bonds is 5. The van der Waals surface area contributed by atoms with Crippen LogP contribution in [0.1, 0.15) is 70.2 Å². The number of anilines is 1. The molecule has 7 nitrogen and oxygen atoms in total. The largest absolute Gasteiger partial charge is 0.384 e. The summed E-state index contributed by atoms with van der Waals surface area (Å²) >= 11 is 0.955. The summed E-state index contributed by atoms with van der Waals surface area (Å²) in [5, 5.41) is 19.9. The van der Waals surface area contributed by atoms with Crippen LogP contribution in [-0.4, -0.2) is 20.3 Å². The van der Waals surface area contributed by atoms with E-state index in [1.807, 2.05) is 27.7 Å². The van der Waals surface area contributed by atoms with Crippen molar-refractivity contribution >= 4 is 33.0 Å². The van der Waals surface area contributed by atoms with Gasteiger partial charge in [0.15, 0.2) is 9.92 Å². The van der Waals surface area contributed by atoms with Crippen LogP contribution >= 0.6 is 11.3 Å². The monoisotopic (exact) mass is 442 g/mol. The zero-order valence-corrected chi connectivity index (χ0v) is 18.9. The van der Waals surface area contributed by atoms with Gasteiger partial charge < -0.3 is 10.4 Å². The number of urea groups is 1. The maximum atomic E-state index is 14.0. The van der Waals surface area contributed by atoms with Crippen LogP contribution in [0.15, 0.2) is 26.2 Å². The molecule has 0 aliphatic rings. The van der Waals surface area contributed by atoms with Crippen LogP contribution in [0.3, 0.4) is 0 Å². The second-order valence-electron chi connectivity index (χ2n) is 7.92. The Balaban J connectivity index is 2.44. The molecule has 1 heterocycles. The molecule has 0 bridgehead atoms. The van der Waals surface area contributed by atoms with E-state index in [0.29, 0.717) is 16.8 Å². The summed E-state index contributed by atoms with van der Waals surface area (Å²) in [6.45, 7) is 10.6. The minimum atomic E-state index is -3.61. The van der Waals surface area contributed by atoms with E-state index >= 15 is 0 Å². The van der Waals surface area contributed by atoms with Crippen LogP contribution in [0, 0.1) is 5.82 Å². The zero-order valence-electron chi connectivity index (χ0n) is 17.3. The lowest BCUT2D eigenvalue weighted by Crippen LogP contribution is -2.20. The molecule has 1 aromatic carbocycles. The van der Waals surface area contributed by atoms with Crippen molar-refractivity contribution in [3.63, 3.8) is 0 Å². The molecule has 0 saturated heterocycles. The highest BCUT2D eigenvalue weighted by molar-refractivity contribution is 7.93. The van der Waals surface area contributed by atoms with Crippen molar-refractivity contribution in [3.05, 3.63) is 40.2 Å². The molecule has 1 atom stereocenters. The van der Waals surface area contributed by atoms with Gasteiger partial charge in [0.2, 0.25) is 4.34 Å². The standard InChI is InChI=1S/C19H27FN4O3S2/c1-10(2)13-7-12(20)8-14(11(3)4)16(13)23-17(25)24-29(21,27)18-22-15(9-28-18)19(5,6)26/h7-11,26H,1-6H3,(H3,21,23,24,25,27). The number of amides is 2. The lowest BCUT2D eigenvalue weighted by molar-refractivity contribution is 0.0741. The number of aliphatic hydroxyl groups is 1. The summed E-state index contributed by atoms with van der Waals surface area (Å²) in [5.74, 6) is -0.514. The normalized spacial score (nSPS) is 14.2. The van der Waals surface area contributed by atoms with E-state index in [4.69, 9.17) is 5.14 Å². The number of nitrogens with one attached hydrogen (secondary N) is 1. The highest BCUT2D eigenvalue weighted by Crippen LogP contribution is 2.34. The van der Waals surface area contributed by atoms with Crippen molar-refractivity contribution in [2.75, 3.05) is 5.32 Å². The zero-order chi connectivity index (χ0) is 22.1. The van der Waals surface area contributed by atoms with Crippen molar-refractivity contribution in [1.29, 1.82) is 0 Å². The first kappa shape index (κ1) is 23.4. The van der Waals surface area contributed by atoms with Crippen LogP contribution in [0.4, 0.5) is 14.9 Å². The third kappa shape index (κ3) is 5.59. The molecule has 1 unspecified atom stereocenters. The number of nitrogens with two attached hydrogens (primary N) is 1. The molecule has 0 aliphatic carbocycles. The first-order valence-corrected chi connectivity index (χ1v) is 11.6. The third-order valence-electron chi connectivity index (χ3n) is 4.22. The van der Waals surface area contributed by atoms with Gasteiger partial charge in [0.05, 0.1) is 5.69 Å². The van der Waals surface area contributed by atoms with Gasteiger partial charge in [-0.15, -0.1) is 15.7 Å². The van der Waals surface area contributed by atoms with Gasteiger partial charge in [0.25, 0.3) is 0 Å². The van der Waals surface area contributed by atoms with E-state index in [9.17, 15) is 18.5 Å². The van der Waals surface area contributed by atoms with Crippen LogP contribution in [0.5, 0.6) is 0 Å². The van der Waals surface area contributed by atoms with Gasteiger partial charge in [-0.05, 0) is 48.9 Å². The summed E-state index contributed by atoms with van der Waals surface area (Å²) in [7, 11) is -3.61. The van der Waals surface area contributed by atoms with E-state index in [1.54, 1.807) is 0 Å². The number of carbonyl (C=O) groups excluding carboxylic acids is 1. The predicted molar refractivity (Wildman–Crippen MR) is 114 cm³/mol. The molecule has 0 saturated carbocycles. The average molecular weight is 443 g/mol. The molecule has 4 N–H and O–H groups in total. The van der Waals surface area contributed by atoms with Crippen LogP contribution < -0.4 is 10.5 Å². The fourth-order valence-electron chi connectivity index (χ4n) is 2.67. The summed E-state index contributed by atoms with van der Waals surface area (Å²) in [6.07, 6.45) is 0. The molecule has 29 heavy (non-hydrogen) atoms. The maximum absolute atomic E-state index is 14.0. The van der Waals surface area contributed by atoms with Crippen molar-refractivity contribution in [1.82, 2.24) is 4.98 Å². The van der Waals surface area contributed by atoms with E-state index < -0.39 is 27.4 Å². The molecular formula is C19H27FN4O3S2. The summed E-state index contributed by atoms with van der Waals surface area (Å²) < 4.78 is 30.4. The van der Waals surface area contributed by atoms with Gasteiger partial charge in [0.1, 0.15) is 11.4 Å². The molecule has 0 radical (unpaired) electrons. The Morgan fingerprint density at radius 1 is 1.28 bits per heavy atom. The van der Waals surface area contributed by atoms with Crippen LogP contribution in [-0.2, 0) is 15.5 Å². The Kier molecular flexibility index (Phi) is 6.83. The van der Waals surface area contributed by atoms with Gasteiger partial charge in [-0.3, -0.25) is 0 Å². The minimum Gasteiger partial charge on any atom is -0.384 e. The predicted octanol–water partition coefficient (Wildman–Crippen LogP) is 4.69. The fraction of sp³-hybridized carbons (Fsp3) is 0.474. The number of nitrogens with zero attached hydrogens (tertiary/aromatic N) is 2. The van der Waals surface area contributed by atoms with Crippen molar-refractivity contribution in [3.8, 4) is 0 Å². The lowest BCUT2D eigenvalue weighted by Gasteiger charge is -2.19. The second-order valence-corrected chi connectivity index (χ2v) is 10.7. The van der Waals surface area contributed by atoms with Crippen molar-refractivity contribution in [2.45, 2.75) is 63.3 Å². The topological polar surface area (TPSA) is 118 Å². The number of thiazole rings is 1. The smallest absolute Gasteiger partial charge is 0.354 e.